The van der Waals surface area contributed by atoms with E-state index < -0.39 is 27.7 Å². The topological polar surface area (TPSA) is 54.5 Å². The average molecular weight is 294 g/mol. The van der Waals surface area contributed by atoms with Gasteiger partial charge < -0.3 is 0 Å². The Hall–Kier alpha value is -1.14. The van der Waals surface area contributed by atoms with E-state index in [1.807, 2.05) is 0 Å². The summed E-state index contributed by atoms with van der Waals surface area (Å²) in [6.07, 6.45) is 0.896. The second kappa shape index (κ2) is 5.24. The number of anilines is 1. The molecule has 0 spiro atoms. The molecular weight excluding hydrogens is 281 g/mol. The standard InChI is InChI=1S/C11H13ClFNO3S/c1-7(2)11(15)14(18(3,16)17)10-5-4-8(13)6-9(10)12/h4-7H,1-3H3. The van der Waals surface area contributed by atoms with Crippen molar-refractivity contribution in [3.63, 3.8) is 0 Å². The molecule has 0 atom stereocenters. The summed E-state index contributed by atoms with van der Waals surface area (Å²) in [5, 5.41) is -0.130. The van der Waals surface area contributed by atoms with Crippen molar-refractivity contribution >= 4 is 33.2 Å². The van der Waals surface area contributed by atoms with Crippen molar-refractivity contribution in [1.29, 1.82) is 0 Å². The number of rotatable bonds is 3. The van der Waals surface area contributed by atoms with E-state index in [1.165, 1.54) is 6.07 Å². The highest BCUT2D eigenvalue weighted by Gasteiger charge is 2.29. The first-order valence-electron chi connectivity index (χ1n) is 5.13. The van der Waals surface area contributed by atoms with Crippen LogP contribution in [0.25, 0.3) is 0 Å². The Morgan fingerprint density at radius 3 is 2.33 bits per heavy atom. The second-order valence-electron chi connectivity index (χ2n) is 4.12. The predicted octanol–water partition coefficient (Wildman–Crippen LogP) is 2.43. The summed E-state index contributed by atoms with van der Waals surface area (Å²) >= 11 is 5.78. The molecule has 0 fully saturated rings. The molecule has 1 amide bonds. The van der Waals surface area contributed by atoms with Crippen molar-refractivity contribution in [2.75, 3.05) is 10.6 Å². The molecule has 100 valence electrons. The minimum Gasteiger partial charge on any atom is -0.273 e. The number of sulfonamides is 1. The Morgan fingerprint density at radius 1 is 1.39 bits per heavy atom. The van der Waals surface area contributed by atoms with Gasteiger partial charge in [0.2, 0.25) is 15.9 Å². The molecule has 0 N–H and O–H groups in total. The molecule has 0 aromatic heterocycles. The molecule has 0 bridgehead atoms. The molecule has 4 nitrogen and oxygen atoms in total. The molecule has 0 heterocycles. The van der Waals surface area contributed by atoms with Crippen LogP contribution >= 0.6 is 11.6 Å². The van der Waals surface area contributed by atoms with Gasteiger partial charge in [-0.1, -0.05) is 25.4 Å². The van der Waals surface area contributed by atoms with E-state index in [0.29, 0.717) is 4.31 Å². The Kier molecular flexibility index (Phi) is 4.34. The van der Waals surface area contributed by atoms with Gasteiger partial charge in [-0.25, -0.2) is 17.1 Å². The van der Waals surface area contributed by atoms with Crippen molar-refractivity contribution in [2.24, 2.45) is 5.92 Å². The van der Waals surface area contributed by atoms with Crippen LogP contribution in [0, 0.1) is 11.7 Å². The first-order valence-corrected chi connectivity index (χ1v) is 7.36. The van der Waals surface area contributed by atoms with E-state index in [-0.39, 0.29) is 10.7 Å². The summed E-state index contributed by atoms with van der Waals surface area (Å²) in [5.41, 5.74) is -0.0423. The number of benzene rings is 1. The predicted molar refractivity (Wildman–Crippen MR) is 68.6 cm³/mol. The van der Waals surface area contributed by atoms with E-state index in [4.69, 9.17) is 11.6 Å². The van der Waals surface area contributed by atoms with E-state index in [9.17, 15) is 17.6 Å². The molecule has 0 unspecified atom stereocenters. The van der Waals surface area contributed by atoms with Gasteiger partial charge >= 0.3 is 0 Å². The number of amides is 1. The molecule has 0 radical (unpaired) electrons. The normalized spacial score (nSPS) is 11.7. The van der Waals surface area contributed by atoms with Gasteiger partial charge in [0.25, 0.3) is 0 Å². The number of hydrogen-bond acceptors (Lipinski definition) is 3. The van der Waals surface area contributed by atoms with Crippen LogP contribution in [0.1, 0.15) is 13.8 Å². The third kappa shape index (κ3) is 3.20. The van der Waals surface area contributed by atoms with Gasteiger partial charge in [0.05, 0.1) is 17.0 Å². The number of nitrogens with zero attached hydrogens (tertiary/aromatic N) is 1. The zero-order valence-electron chi connectivity index (χ0n) is 10.1. The van der Waals surface area contributed by atoms with Gasteiger partial charge in [0.15, 0.2) is 0 Å². The van der Waals surface area contributed by atoms with Gasteiger partial charge in [-0.2, -0.15) is 0 Å². The number of halogens is 2. The van der Waals surface area contributed by atoms with Crippen LogP contribution in [0.4, 0.5) is 10.1 Å². The lowest BCUT2D eigenvalue weighted by molar-refractivity contribution is -0.120. The van der Waals surface area contributed by atoms with Gasteiger partial charge in [0.1, 0.15) is 5.82 Å². The van der Waals surface area contributed by atoms with Crippen molar-refractivity contribution in [3.05, 3.63) is 29.0 Å². The number of hydrogen-bond donors (Lipinski definition) is 0. The molecule has 0 aliphatic rings. The Balaban J connectivity index is 3.41. The summed E-state index contributed by atoms with van der Waals surface area (Å²) in [6, 6.07) is 3.18. The van der Waals surface area contributed by atoms with E-state index >= 15 is 0 Å². The summed E-state index contributed by atoms with van der Waals surface area (Å²) < 4.78 is 36.9. The molecule has 1 aromatic carbocycles. The van der Waals surface area contributed by atoms with Crippen LogP contribution in [0.2, 0.25) is 5.02 Å². The van der Waals surface area contributed by atoms with Crippen molar-refractivity contribution in [1.82, 2.24) is 0 Å². The molecule has 0 aliphatic heterocycles. The first kappa shape index (κ1) is 14.9. The van der Waals surface area contributed by atoms with Crippen LogP contribution in [0.3, 0.4) is 0 Å². The van der Waals surface area contributed by atoms with Crippen LogP contribution < -0.4 is 4.31 Å². The molecule has 0 saturated heterocycles. The van der Waals surface area contributed by atoms with Crippen LogP contribution in [-0.2, 0) is 14.8 Å². The maximum Gasteiger partial charge on any atom is 0.243 e. The fourth-order valence-corrected chi connectivity index (χ4v) is 2.70. The largest absolute Gasteiger partial charge is 0.273 e. The van der Waals surface area contributed by atoms with Crippen LogP contribution in [0.15, 0.2) is 18.2 Å². The van der Waals surface area contributed by atoms with Crippen LogP contribution in [0.5, 0.6) is 0 Å². The smallest absolute Gasteiger partial charge is 0.243 e. The lowest BCUT2D eigenvalue weighted by Gasteiger charge is -2.23. The third-order valence-electron chi connectivity index (χ3n) is 2.15. The summed E-state index contributed by atoms with van der Waals surface area (Å²) in [7, 11) is -3.82. The average Bonchev–Trinajstić information content (AvgIpc) is 2.19. The van der Waals surface area contributed by atoms with Gasteiger partial charge in [-0.15, -0.1) is 0 Å². The minimum absolute atomic E-state index is 0.0423. The Labute approximate surface area is 110 Å². The van der Waals surface area contributed by atoms with Gasteiger partial charge in [-0.3, -0.25) is 4.79 Å². The number of carbonyl (C=O) groups excluding carboxylic acids is 1. The molecule has 0 saturated carbocycles. The van der Waals surface area contributed by atoms with Crippen molar-refractivity contribution in [2.45, 2.75) is 13.8 Å². The summed E-state index contributed by atoms with van der Waals surface area (Å²) in [5.74, 6) is -1.75. The highest BCUT2D eigenvalue weighted by atomic mass is 35.5. The second-order valence-corrected chi connectivity index (χ2v) is 6.35. The zero-order chi connectivity index (χ0) is 14.1. The molecule has 18 heavy (non-hydrogen) atoms. The SMILES string of the molecule is CC(C)C(=O)N(c1ccc(F)cc1Cl)S(C)(=O)=O. The van der Waals surface area contributed by atoms with Gasteiger partial charge in [0, 0.05) is 5.92 Å². The number of carbonyl (C=O) groups is 1. The lowest BCUT2D eigenvalue weighted by atomic mass is 10.2. The van der Waals surface area contributed by atoms with Crippen molar-refractivity contribution in [3.8, 4) is 0 Å². The highest BCUT2D eigenvalue weighted by Crippen LogP contribution is 2.29. The third-order valence-corrected chi connectivity index (χ3v) is 3.50. The van der Waals surface area contributed by atoms with Crippen LogP contribution in [-0.4, -0.2) is 20.6 Å². The monoisotopic (exact) mass is 293 g/mol. The minimum atomic E-state index is -3.82. The summed E-state index contributed by atoms with van der Waals surface area (Å²) in [4.78, 5) is 11.9. The van der Waals surface area contributed by atoms with Gasteiger partial charge in [-0.05, 0) is 18.2 Å². The maximum absolute atomic E-state index is 12.9. The Bertz CT molecular complexity index is 572. The molecule has 1 rings (SSSR count). The molecule has 0 aliphatic carbocycles. The fraction of sp³-hybridized carbons (Fsp3) is 0.364. The molecule has 1 aromatic rings. The van der Waals surface area contributed by atoms with Crippen molar-refractivity contribution < 1.29 is 17.6 Å². The summed E-state index contributed by atoms with van der Waals surface area (Å²) in [6.45, 7) is 3.13. The van der Waals surface area contributed by atoms with E-state index in [1.54, 1.807) is 13.8 Å². The highest BCUT2D eigenvalue weighted by molar-refractivity contribution is 7.92. The van der Waals surface area contributed by atoms with E-state index in [0.717, 1.165) is 18.4 Å². The Morgan fingerprint density at radius 2 is 1.94 bits per heavy atom. The molecular formula is C11H13ClFNO3S. The lowest BCUT2D eigenvalue weighted by Crippen LogP contribution is -2.39. The van der Waals surface area contributed by atoms with E-state index in [2.05, 4.69) is 0 Å². The zero-order valence-corrected chi connectivity index (χ0v) is 11.7. The fourth-order valence-electron chi connectivity index (χ4n) is 1.34. The maximum atomic E-state index is 12.9. The molecule has 7 heteroatoms. The quantitative estimate of drug-likeness (QED) is 0.860. The first-order chi connectivity index (χ1) is 8.14.